The molecular weight excluding hydrogens is 478 g/mol. The third-order valence-corrected chi connectivity index (χ3v) is 6.00. The highest BCUT2D eigenvalue weighted by molar-refractivity contribution is 6.00. The normalized spacial score (nSPS) is 15.8. The van der Waals surface area contributed by atoms with E-state index in [1.54, 1.807) is 19.9 Å². The molecule has 0 spiro atoms. The first-order valence-electron chi connectivity index (χ1n) is 11.6. The summed E-state index contributed by atoms with van der Waals surface area (Å²) in [6.07, 6.45) is 0.617. The molecule has 192 valence electrons. The molecule has 37 heavy (non-hydrogen) atoms. The number of carbonyl (C=O) groups excluding carboxylic acids is 2. The summed E-state index contributed by atoms with van der Waals surface area (Å²) in [5, 5.41) is 18.5. The Bertz CT molecular complexity index is 1300. The predicted molar refractivity (Wildman–Crippen MR) is 135 cm³/mol. The number of ether oxygens (including phenoxy) is 2. The van der Waals surface area contributed by atoms with E-state index in [0.29, 0.717) is 23.4 Å². The molecule has 2 aromatic carbocycles. The lowest BCUT2D eigenvalue weighted by molar-refractivity contribution is -0.384. The smallest absolute Gasteiger partial charge is 0.336 e. The highest BCUT2D eigenvalue weighted by Crippen LogP contribution is 2.41. The van der Waals surface area contributed by atoms with Gasteiger partial charge in [-0.1, -0.05) is 47.6 Å². The summed E-state index contributed by atoms with van der Waals surface area (Å²) in [7, 11) is 1.22. The largest absolute Gasteiger partial charge is 0.466 e. The summed E-state index contributed by atoms with van der Waals surface area (Å²) in [5.74, 6) is -2.33. The van der Waals surface area contributed by atoms with E-state index in [4.69, 9.17) is 15.0 Å². The fourth-order valence-corrected chi connectivity index (χ4v) is 4.38. The van der Waals surface area contributed by atoms with Crippen molar-refractivity contribution in [1.82, 2.24) is 5.32 Å². The number of nitrogens with zero attached hydrogens (tertiary/aromatic N) is 4. The Kier molecular flexibility index (Phi) is 9.01. The summed E-state index contributed by atoms with van der Waals surface area (Å²) in [4.78, 5) is 40.1. The van der Waals surface area contributed by atoms with Gasteiger partial charge in [0.25, 0.3) is 5.69 Å². The molecule has 11 heteroatoms. The minimum absolute atomic E-state index is 0.0822. The minimum Gasteiger partial charge on any atom is -0.466 e. The highest BCUT2D eigenvalue weighted by atomic mass is 16.6. The van der Waals surface area contributed by atoms with Crippen molar-refractivity contribution in [3.63, 3.8) is 0 Å². The van der Waals surface area contributed by atoms with Crippen LogP contribution in [0, 0.1) is 10.1 Å². The average molecular weight is 506 g/mol. The molecule has 2 aromatic rings. The summed E-state index contributed by atoms with van der Waals surface area (Å²) in [5.41, 5.74) is 11.3. The number of azide groups is 1. The molecule has 0 radical (unpaired) electrons. The number of nitro benzene ring substituents is 1. The number of nitro groups is 1. The van der Waals surface area contributed by atoms with E-state index < -0.39 is 28.8 Å². The van der Waals surface area contributed by atoms with Crippen LogP contribution in [0.25, 0.3) is 10.4 Å². The summed E-state index contributed by atoms with van der Waals surface area (Å²) in [6, 6.07) is 14.5. The number of dihydropyridines is 1. The summed E-state index contributed by atoms with van der Waals surface area (Å²) in [6.45, 7) is 3.41. The van der Waals surface area contributed by atoms with E-state index in [2.05, 4.69) is 15.3 Å². The predicted octanol–water partition coefficient (Wildman–Crippen LogP) is 5.38. The quantitative estimate of drug-likeness (QED) is 0.113. The van der Waals surface area contributed by atoms with Gasteiger partial charge in [-0.15, -0.1) is 0 Å². The lowest BCUT2D eigenvalue weighted by Gasteiger charge is -2.31. The number of hydrogen-bond acceptors (Lipinski definition) is 8. The lowest BCUT2D eigenvalue weighted by atomic mass is 9.79. The maximum Gasteiger partial charge on any atom is 0.336 e. The Morgan fingerprint density at radius 2 is 1.89 bits per heavy atom. The van der Waals surface area contributed by atoms with Gasteiger partial charge >= 0.3 is 11.9 Å². The van der Waals surface area contributed by atoms with E-state index in [9.17, 15) is 19.7 Å². The van der Waals surface area contributed by atoms with Crippen LogP contribution in [0.3, 0.4) is 0 Å². The Morgan fingerprint density at radius 1 is 1.16 bits per heavy atom. The van der Waals surface area contributed by atoms with Crippen molar-refractivity contribution in [2.24, 2.45) is 5.11 Å². The van der Waals surface area contributed by atoms with E-state index in [1.807, 2.05) is 30.3 Å². The van der Waals surface area contributed by atoms with Gasteiger partial charge in [0.1, 0.15) is 0 Å². The molecular formula is C26H27N5O6. The number of esters is 2. The average Bonchev–Trinajstić information content (AvgIpc) is 2.90. The van der Waals surface area contributed by atoms with Crippen molar-refractivity contribution in [2.45, 2.75) is 38.6 Å². The second-order valence-electron chi connectivity index (χ2n) is 8.22. The lowest BCUT2D eigenvalue weighted by Crippen LogP contribution is -2.33. The van der Waals surface area contributed by atoms with E-state index in [0.717, 1.165) is 5.56 Å². The van der Waals surface area contributed by atoms with E-state index >= 15 is 0 Å². The number of rotatable bonds is 10. The molecule has 0 amide bonds. The van der Waals surface area contributed by atoms with Crippen LogP contribution < -0.4 is 5.32 Å². The first-order chi connectivity index (χ1) is 17.8. The Hall–Kier alpha value is -4.63. The van der Waals surface area contributed by atoms with Crippen molar-refractivity contribution < 1.29 is 24.0 Å². The fraction of sp³-hybridized carbons (Fsp3) is 0.308. The molecule has 1 aliphatic heterocycles. The summed E-state index contributed by atoms with van der Waals surface area (Å²) < 4.78 is 10.3. The first-order valence-corrected chi connectivity index (χ1v) is 11.6. The molecule has 0 aliphatic carbocycles. The van der Waals surface area contributed by atoms with Crippen LogP contribution in [-0.4, -0.2) is 30.6 Å². The number of allylic oxidation sites excluding steroid dienone is 2. The molecule has 0 saturated carbocycles. The molecule has 2 atom stereocenters. The molecule has 1 heterocycles. The third kappa shape index (κ3) is 6.14. The van der Waals surface area contributed by atoms with Crippen LogP contribution in [-0.2, 0) is 19.1 Å². The number of non-ortho nitro benzene ring substituents is 1. The van der Waals surface area contributed by atoms with Gasteiger partial charge in [-0.2, -0.15) is 0 Å². The van der Waals surface area contributed by atoms with Gasteiger partial charge in [0.15, 0.2) is 0 Å². The molecule has 1 N–H and O–H groups in total. The molecule has 0 bridgehead atoms. The fourth-order valence-electron chi connectivity index (χ4n) is 4.38. The third-order valence-electron chi connectivity index (χ3n) is 6.00. The van der Waals surface area contributed by atoms with Gasteiger partial charge in [0, 0.05) is 28.4 Å². The number of nitrogens with one attached hydrogen (secondary N) is 1. The molecule has 2 unspecified atom stereocenters. The van der Waals surface area contributed by atoms with Crippen LogP contribution in [0.5, 0.6) is 0 Å². The zero-order valence-corrected chi connectivity index (χ0v) is 20.7. The van der Waals surface area contributed by atoms with Gasteiger partial charge in [0.2, 0.25) is 0 Å². The number of benzene rings is 2. The van der Waals surface area contributed by atoms with Crippen LogP contribution in [0.2, 0.25) is 0 Å². The molecule has 0 fully saturated rings. The van der Waals surface area contributed by atoms with Crippen LogP contribution in [0.15, 0.2) is 82.3 Å². The molecule has 0 aromatic heterocycles. The summed E-state index contributed by atoms with van der Waals surface area (Å²) >= 11 is 0. The second-order valence-corrected chi connectivity index (χ2v) is 8.22. The van der Waals surface area contributed by atoms with Crippen molar-refractivity contribution in [3.05, 3.63) is 109 Å². The molecule has 0 saturated heterocycles. The Balaban J connectivity index is 2.15. The highest BCUT2D eigenvalue weighted by Gasteiger charge is 2.39. The SMILES string of the molecule is CCOC(=O)C1=C(CCC(N=[N+]=[N-])c2ccccc2)NC(C)=C(C(=O)OC)C1c1cccc([N+](=O)[O-])c1. The van der Waals surface area contributed by atoms with Gasteiger partial charge in [0.05, 0.1) is 41.7 Å². The van der Waals surface area contributed by atoms with E-state index in [1.165, 1.54) is 25.3 Å². The molecule has 3 rings (SSSR count). The van der Waals surface area contributed by atoms with Gasteiger partial charge in [-0.3, -0.25) is 10.1 Å². The molecule has 1 aliphatic rings. The second kappa shape index (κ2) is 12.4. The first kappa shape index (κ1) is 27.0. The number of carbonyl (C=O) groups is 2. The zero-order chi connectivity index (χ0) is 26.9. The number of hydrogen-bond donors (Lipinski definition) is 1. The van der Waals surface area contributed by atoms with Crippen molar-refractivity contribution in [1.29, 1.82) is 0 Å². The minimum atomic E-state index is -0.975. The van der Waals surface area contributed by atoms with Crippen molar-refractivity contribution in [2.75, 3.05) is 13.7 Å². The monoisotopic (exact) mass is 505 g/mol. The van der Waals surface area contributed by atoms with Crippen molar-refractivity contribution >= 4 is 17.6 Å². The van der Waals surface area contributed by atoms with Gasteiger partial charge in [-0.05, 0) is 43.3 Å². The number of methoxy groups -OCH3 is 1. The standard InChI is InChI=1S/C26H27N5O6/c1-4-37-26(33)24-21(14-13-20(29-30-27)17-9-6-5-7-10-17)28-16(2)22(25(32)36-3)23(24)18-11-8-12-19(15-18)31(34)35/h5-12,15,20,23,28H,4,13-14H2,1-3H3. The Morgan fingerprint density at radius 3 is 2.51 bits per heavy atom. The maximum absolute atomic E-state index is 13.3. The van der Waals surface area contributed by atoms with E-state index in [-0.39, 0.29) is 29.9 Å². The van der Waals surface area contributed by atoms with Crippen molar-refractivity contribution in [3.8, 4) is 0 Å². The van der Waals surface area contributed by atoms with Crippen LogP contribution in [0.4, 0.5) is 5.69 Å². The molecule has 11 nitrogen and oxygen atoms in total. The maximum atomic E-state index is 13.3. The van der Waals surface area contributed by atoms with Crippen LogP contribution >= 0.6 is 0 Å². The van der Waals surface area contributed by atoms with Gasteiger partial charge < -0.3 is 14.8 Å². The van der Waals surface area contributed by atoms with Gasteiger partial charge in [-0.25, -0.2) is 9.59 Å². The Labute approximate surface area is 213 Å². The zero-order valence-electron chi connectivity index (χ0n) is 20.7. The topological polar surface area (TPSA) is 157 Å². The van der Waals surface area contributed by atoms with Crippen LogP contribution in [0.1, 0.15) is 49.8 Å².